The number of aliphatic imine (C=N–C) groups is 2. The minimum Gasteiger partial charge on any atom is -0.497 e. The van der Waals surface area contributed by atoms with Gasteiger partial charge in [-0.25, -0.2) is 20.0 Å². The maximum absolute atomic E-state index is 5.25. The summed E-state index contributed by atoms with van der Waals surface area (Å²) >= 11 is 0. The number of aromatic nitrogens is 2. The highest BCUT2D eigenvalue weighted by Crippen LogP contribution is 2.25. The Hall–Kier alpha value is -3.74. The lowest BCUT2D eigenvalue weighted by Gasteiger charge is -2.07. The van der Waals surface area contributed by atoms with Crippen LogP contribution in [0.5, 0.6) is 11.5 Å². The molecular formula is C20H17N5O2. The number of methoxy groups -OCH3 is 2. The lowest BCUT2D eigenvalue weighted by molar-refractivity contribution is 0.414. The maximum atomic E-state index is 5.25. The summed E-state index contributed by atoms with van der Waals surface area (Å²) in [5.41, 5.74) is 1.87. The van der Waals surface area contributed by atoms with Gasteiger partial charge in [0.1, 0.15) is 23.2 Å². The topological polar surface area (TPSA) is 81.0 Å². The van der Waals surface area contributed by atoms with E-state index < -0.39 is 0 Å². The Morgan fingerprint density at radius 2 is 1.56 bits per heavy atom. The van der Waals surface area contributed by atoms with Gasteiger partial charge in [0, 0.05) is 35.7 Å². The summed E-state index contributed by atoms with van der Waals surface area (Å²) in [5.74, 6) is 3.84. The first-order valence-electron chi connectivity index (χ1n) is 8.31. The Kier molecular flexibility index (Phi) is 4.49. The van der Waals surface area contributed by atoms with Crippen molar-refractivity contribution in [1.82, 2.24) is 9.97 Å². The highest BCUT2D eigenvalue weighted by Gasteiger charge is 2.22. The van der Waals surface area contributed by atoms with Gasteiger partial charge in [0.25, 0.3) is 0 Å². The minimum absolute atomic E-state index is 0.531. The standard InChI is InChI=1S/C20H17N5O2/c1-26-13-7-9-21-17(11-13)23-19-15-5-3-4-6-16(15)20(25-19)24-18-12-14(27-2)8-10-22-18/h3-12H,1-2H3,(H,21,22,23,24,25). The average Bonchev–Trinajstić information content (AvgIpc) is 3.05. The summed E-state index contributed by atoms with van der Waals surface area (Å²) in [6.07, 6.45) is 3.33. The summed E-state index contributed by atoms with van der Waals surface area (Å²) in [6, 6.07) is 15.0. The molecule has 0 radical (unpaired) electrons. The van der Waals surface area contributed by atoms with Crippen LogP contribution < -0.4 is 14.8 Å². The molecular weight excluding hydrogens is 342 g/mol. The van der Waals surface area contributed by atoms with Crippen LogP contribution in [0.4, 0.5) is 11.6 Å². The number of hydrogen-bond acceptors (Lipinski definition) is 6. The van der Waals surface area contributed by atoms with E-state index in [1.165, 1.54) is 0 Å². The first-order chi connectivity index (χ1) is 13.3. The number of pyridine rings is 2. The third-order valence-electron chi connectivity index (χ3n) is 4.03. The van der Waals surface area contributed by atoms with Crippen molar-refractivity contribution in [2.24, 2.45) is 9.98 Å². The molecule has 3 aromatic rings. The Morgan fingerprint density at radius 3 is 2.33 bits per heavy atom. The van der Waals surface area contributed by atoms with Crippen LogP contribution in [0.1, 0.15) is 11.1 Å². The van der Waals surface area contributed by atoms with E-state index in [2.05, 4.69) is 25.3 Å². The van der Waals surface area contributed by atoms with Gasteiger partial charge in [0.2, 0.25) is 0 Å². The molecule has 1 N–H and O–H groups in total. The average molecular weight is 359 g/mol. The number of fused-ring (bicyclic) bond motifs is 1. The van der Waals surface area contributed by atoms with Gasteiger partial charge in [-0.3, -0.25) is 0 Å². The molecule has 0 fully saturated rings. The van der Waals surface area contributed by atoms with Crippen LogP contribution in [0, 0.1) is 0 Å². The predicted octanol–water partition coefficient (Wildman–Crippen LogP) is 3.44. The molecule has 7 nitrogen and oxygen atoms in total. The molecule has 0 spiro atoms. The van der Waals surface area contributed by atoms with E-state index in [4.69, 9.17) is 9.47 Å². The molecule has 2 aromatic heterocycles. The van der Waals surface area contributed by atoms with Gasteiger partial charge in [-0.15, -0.1) is 0 Å². The Bertz CT molecular complexity index is 1050. The maximum Gasteiger partial charge on any atom is 0.164 e. The Morgan fingerprint density at radius 1 is 0.852 bits per heavy atom. The SMILES string of the molecule is COc1ccnc(N=C2N=C(Nc3cc(OC)ccn3)c3ccccc32)c1. The van der Waals surface area contributed by atoms with Crippen molar-refractivity contribution in [2.45, 2.75) is 0 Å². The van der Waals surface area contributed by atoms with Crippen LogP contribution >= 0.6 is 0 Å². The van der Waals surface area contributed by atoms with Gasteiger partial charge in [-0.1, -0.05) is 24.3 Å². The molecule has 27 heavy (non-hydrogen) atoms. The fourth-order valence-electron chi connectivity index (χ4n) is 2.72. The zero-order valence-corrected chi connectivity index (χ0v) is 14.9. The molecule has 0 amide bonds. The molecule has 7 heteroatoms. The molecule has 0 saturated heterocycles. The van der Waals surface area contributed by atoms with Crippen molar-refractivity contribution < 1.29 is 9.47 Å². The second-order valence-electron chi connectivity index (χ2n) is 5.70. The molecule has 0 aliphatic carbocycles. The number of rotatable bonds is 4. The Balaban J connectivity index is 1.71. The molecule has 0 atom stereocenters. The van der Waals surface area contributed by atoms with Gasteiger partial charge in [-0.05, 0) is 12.1 Å². The molecule has 0 saturated carbocycles. The Labute approximate surface area is 156 Å². The summed E-state index contributed by atoms with van der Waals surface area (Å²) in [7, 11) is 3.23. The highest BCUT2D eigenvalue weighted by atomic mass is 16.5. The van der Waals surface area contributed by atoms with Gasteiger partial charge >= 0.3 is 0 Å². The predicted molar refractivity (Wildman–Crippen MR) is 104 cm³/mol. The zero-order chi connectivity index (χ0) is 18.6. The summed E-state index contributed by atoms with van der Waals surface area (Å²) in [4.78, 5) is 17.8. The lowest BCUT2D eigenvalue weighted by Crippen LogP contribution is -2.12. The van der Waals surface area contributed by atoms with Crippen LogP contribution in [0.3, 0.4) is 0 Å². The van der Waals surface area contributed by atoms with Crippen LogP contribution in [0.15, 0.2) is 70.9 Å². The van der Waals surface area contributed by atoms with E-state index in [1.54, 1.807) is 44.8 Å². The fourth-order valence-corrected chi connectivity index (χ4v) is 2.72. The number of amidine groups is 2. The molecule has 1 aromatic carbocycles. The number of hydrogen-bond donors (Lipinski definition) is 1. The number of nitrogens with one attached hydrogen (secondary N) is 1. The minimum atomic E-state index is 0.531. The molecule has 4 rings (SSSR count). The normalized spacial score (nSPS) is 13.9. The van der Waals surface area contributed by atoms with Crippen molar-refractivity contribution in [3.63, 3.8) is 0 Å². The van der Waals surface area contributed by atoms with Crippen LogP contribution in [0.2, 0.25) is 0 Å². The monoisotopic (exact) mass is 359 g/mol. The summed E-state index contributed by atoms with van der Waals surface area (Å²) in [6.45, 7) is 0. The third-order valence-corrected chi connectivity index (χ3v) is 4.03. The molecule has 0 bridgehead atoms. The molecule has 1 aliphatic heterocycles. The second kappa shape index (κ2) is 7.25. The van der Waals surface area contributed by atoms with Crippen LogP contribution in [-0.4, -0.2) is 35.9 Å². The van der Waals surface area contributed by atoms with E-state index in [9.17, 15) is 0 Å². The van der Waals surface area contributed by atoms with Crippen molar-refractivity contribution in [2.75, 3.05) is 19.5 Å². The number of anilines is 1. The zero-order valence-electron chi connectivity index (χ0n) is 14.9. The number of nitrogens with zero attached hydrogens (tertiary/aromatic N) is 4. The second-order valence-corrected chi connectivity index (χ2v) is 5.70. The van der Waals surface area contributed by atoms with E-state index in [1.807, 2.05) is 30.3 Å². The van der Waals surface area contributed by atoms with E-state index in [0.717, 1.165) is 11.1 Å². The van der Waals surface area contributed by atoms with Crippen molar-refractivity contribution in [1.29, 1.82) is 0 Å². The van der Waals surface area contributed by atoms with E-state index in [0.29, 0.717) is 34.8 Å². The van der Waals surface area contributed by atoms with Crippen LogP contribution in [0.25, 0.3) is 0 Å². The first kappa shape index (κ1) is 16.7. The van der Waals surface area contributed by atoms with Gasteiger partial charge in [0.05, 0.1) is 14.2 Å². The van der Waals surface area contributed by atoms with Gasteiger partial charge in [0.15, 0.2) is 11.7 Å². The van der Waals surface area contributed by atoms with Crippen molar-refractivity contribution >= 4 is 23.3 Å². The van der Waals surface area contributed by atoms with Gasteiger partial charge < -0.3 is 14.8 Å². The fraction of sp³-hybridized carbons (Fsp3) is 0.100. The molecule has 3 heterocycles. The number of ether oxygens (including phenoxy) is 2. The van der Waals surface area contributed by atoms with E-state index in [-0.39, 0.29) is 0 Å². The molecule has 0 unspecified atom stereocenters. The molecule has 1 aliphatic rings. The quantitative estimate of drug-likeness (QED) is 0.772. The smallest absolute Gasteiger partial charge is 0.164 e. The van der Waals surface area contributed by atoms with Crippen LogP contribution in [-0.2, 0) is 0 Å². The lowest BCUT2D eigenvalue weighted by atomic mass is 10.1. The third kappa shape index (κ3) is 3.48. The van der Waals surface area contributed by atoms with E-state index >= 15 is 0 Å². The summed E-state index contributed by atoms with van der Waals surface area (Å²) in [5, 5.41) is 3.24. The molecule has 134 valence electrons. The van der Waals surface area contributed by atoms with Crippen molar-refractivity contribution in [3.05, 3.63) is 72.1 Å². The highest BCUT2D eigenvalue weighted by molar-refractivity contribution is 6.26. The summed E-state index contributed by atoms with van der Waals surface area (Å²) < 4.78 is 10.5. The van der Waals surface area contributed by atoms with Gasteiger partial charge in [-0.2, -0.15) is 0 Å². The number of benzene rings is 1. The van der Waals surface area contributed by atoms with Crippen molar-refractivity contribution in [3.8, 4) is 11.5 Å². The largest absolute Gasteiger partial charge is 0.497 e. The first-order valence-corrected chi connectivity index (χ1v) is 8.31.